The van der Waals surface area contributed by atoms with Crippen LogP contribution in [0, 0.1) is 5.41 Å². The molecule has 0 radical (unpaired) electrons. The van der Waals surface area contributed by atoms with Gasteiger partial charge in [0.25, 0.3) is 0 Å². The van der Waals surface area contributed by atoms with E-state index in [0.717, 1.165) is 17.1 Å². The van der Waals surface area contributed by atoms with Crippen LogP contribution in [0.5, 0.6) is 0 Å². The minimum atomic E-state index is -0.0812. The minimum absolute atomic E-state index is 0.0812. The van der Waals surface area contributed by atoms with Gasteiger partial charge in [-0.2, -0.15) is 0 Å². The molecule has 3 heteroatoms. The Morgan fingerprint density at radius 1 is 1.00 bits per heavy atom. The van der Waals surface area contributed by atoms with Crippen LogP contribution in [0.4, 0.5) is 11.4 Å². The molecule has 2 aromatic rings. The molecule has 2 aromatic carbocycles. The number of rotatable bonds is 0. The van der Waals surface area contributed by atoms with Crippen molar-refractivity contribution in [2.45, 2.75) is 32.2 Å². The predicted molar refractivity (Wildman–Crippen MR) is 96.6 cm³/mol. The second-order valence-electron chi connectivity index (χ2n) is 6.73. The van der Waals surface area contributed by atoms with E-state index in [9.17, 15) is 0 Å². The van der Waals surface area contributed by atoms with Crippen molar-refractivity contribution >= 4 is 28.6 Å². The number of para-hydroxylation sites is 2. The first-order valence-corrected chi connectivity index (χ1v) is 8.26. The van der Waals surface area contributed by atoms with E-state index < -0.39 is 0 Å². The maximum Gasteiger partial charge on any atom is 0.0881 e. The van der Waals surface area contributed by atoms with Crippen molar-refractivity contribution in [1.29, 1.82) is 0 Å². The van der Waals surface area contributed by atoms with Crippen LogP contribution in [0.15, 0.2) is 48.5 Å². The van der Waals surface area contributed by atoms with E-state index in [1.54, 1.807) is 0 Å². The minimum Gasteiger partial charge on any atom is -0.377 e. The summed E-state index contributed by atoms with van der Waals surface area (Å²) in [5.74, 6) is 0.476. The van der Waals surface area contributed by atoms with Gasteiger partial charge in [-0.05, 0) is 35.6 Å². The van der Waals surface area contributed by atoms with Crippen LogP contribution in [0.2, 0.25) is 0 Å². The Labute approximate surface area is 136 Å². The molecule has 0 saturated heterocycles. The van der Waals surface area contributed by atoms with E-state index in [2.05, 4.69) is 73.0 Å². The van der Waals surface area contributed by atoms with Gasteiger partial charge >= 0.3 is 0 Å². The summed E-state index contributed by atoms with van der Waals surface area (Å²) in [5.41, 5.74) is 4.99. The molecule has 2 nitrogen and oxygen atoms in total. The zero-order chi connectivity index (χ0) is 15.3. The Morgan fingerprint density at radius 3 is 2.41 bits per heavy atom. The highest BCUT2D eigenvalue weighted by atomic mass is 32.1. The van der Waals surface area contributed by atoms with Crippen LogP contribution in [0.3, 0.4) is 0 Å². The summed E-state index contributed by atoms with van der Waals surface area (Å²) >= 11 is 5.77. The van der Waals surface area contributed by atoms with Gasteiger partial charge in [-0.3, -0.25) is 0 Å². The van der Waals surface area contributed by atoms with Crippen molar-refractivity contribution < 1.29 is 0 Å². The van der Waals surface area contributed by atoms with Gasteiger partial charge in [0.05, 0.1) is 11.0 Å². The van der Waals surface area contributed by atoms with Gasteiger partial charge in [-0.15, -0.1) is 0 Å². The van der Waals surface area contributed by atoms with Crippen molar-refractivity contribution in [2.75, 3.05) is 10.6 Å². The first kappa shape index (κ1) is 13.8. The van der Waals surface area contributed by atoms with Crippen molar-refractivity contribution in [3.63, 3.8) is 0 Å². The Kier molecular flexibility index (Phi) is 3.01. The molecule has 0 fully saturated rings. The molecule has 0 aromatic heterocycles. The summed E-state index contributed by atoms with van der Waals surface area (Å²) in [6, 6.07) is 17.3. The Bertz CT molecular complexity index is 755. The molecule has 2 heterocycles. The highest BCUT2D eigenvalue weighted by molar-refractivity contribution is 7.80. The Balaban J connectivity index is 1.91. The van der Waals surface area contributed by atoms with Gasteiger partial charge in [0.15, 0.2) is 0 Å². The summed E-state index contributed by atoms with van der Waals surface area (Å²) < 4.78 is 0. The number of thiocarbonyl (C=S) groups is 1. The molecule has 0 bridgehead atoms. The van der Waals surface area contributed by atoms with Crippen LogP contribution in [0.25, 0.3) is 0 Å². The van der Waals surface area contributed by atoms with E-state index in [4.69, 9.17) is 12.2 Å². The van der Waals surface area contributed by atoms with Crippen molar-refractivity contribution in [3.05, 3.63) is 59.7 Å². The molecule has 112 valence electrons. The second kappa shape index (κ2) is 4.82. The molecular formula is C19H20N2S. The number of hydrogen-bond acceptors (Lipinski definition) is 2. The Morgan fingerprint density at radius 2 is 1.64 bits per heavy atom. The summed E-state index contributed by atoms with van der Waals surface area (Å²) in [6.07, 6.45) is 1.04. The highest BCUT2D eigenvalue weighted by Gasteiger charge is 2.46. The molecule has 0 spiro atoms. The van der Waals surface area contributed by atoms with Crippen LogP contribution < -0.4 is 10.6 Å². The molecule has 22 heavy (non-hydrogen) atoms. The topological polar surface area (TPSA) is 24.1 Å². The molecule has 3 atom stereocenters. The van der Waals surface area contributed by atoms with Gasteiger partial charge < -0.3 is 10.6 Å². The van der Waals surface area contributed by atoms with Gasteiger partial charge in [0.1, 0.15) is 0 Å². The third-order valence-corrected chi connectivity index (χ3v) is 5.77. The van der Waals surface area contributed by atoms with Crippen LogP contribution >= 0.6 is 12.2 Å². The lowest BCUT2D eigenvalue weighted by Gasteiger charge is -2.43. The molecule has 3 unspecified atom stereocenters. The average Bonchev–Trinajstić information content (AvgIpc) is 2.63. The quantitative estimate of drug-likeness (QED) is 0.662. The fraction of sp³-hybridized carbons (Fsp3) is 0.316. The predicted octanol–water partition coefficient (Wildman–Crippen LogP) is 5.11. The van der Waals surface area contributed by atoms with Gasteiger partial charge in [-0.25, -0.2) is 0 Å². The van der Waals surface area contributed by atoms with Crippen LogP contribution in [0.1, 0.15) is 43.4 Å². The number of anilines is 2. The molecule has 2 aliphatic rings. The first-order chi connectivity index (χ1) is 10.6. The third-order valence-electron chi connectivity index (χ3n) is 5.20. The maximum atomic E-state index is 5.77. The standard InChI is InChI=1S/C19H20N2S/c1-12-11-19(2)17(20-15-9-5-3-7-13(12)15)14-8-4-6-10-16(14)21-18(19)22/h3-10,12,17,20H,11H2,1-2H3,(H,21,22). The SMILES string of the molecule is CC1CC2(C)C(=S)Nc3ccccc3C2Nc2ccccc21. The summed E-state index contributed by atoms with van der Waals surface area (Å²) in [6.45, 7) is 4.59. The fourth-order valence-electron chi connectivity index (χ4n) is 4.01. The summed E-state index contributed by atoms with van der Waals surface area (Å²) in [7, 11) is 0. The van der Waals surface area contributed by atoms with Gasteiger partial charge in [0.2, 0.25) is 0 Å². The number of nitrogens with one attached hydrogen (secondary N) is 2. The molecular weight excluding hydrogens is 288 g/mol. The van der Waals surface area contributed by atoms with E-state index in [0.29, 0.717) is 5.92 Å². The number of fused-ring (bicyclic) bond motifs is 4. The van der Waals surface area contributed by atoms with Crippen molar-refractivity contribution in [2.24, 2.45) is 5.41 Å². The first-order valence-electron chi connectivity index (χ1n) is 7.85. The largest absolute Gasteiger partial charge is 0.377 e. The number of hydrogen-bond donors (Lipinski definition) is 2. The molecule has 4 rings (SSSR count). The lowest BCUT2D eigenvalue weighted by atomic mass is 9.70. The highest BCUT2D eigenvalue weighted by Crippen LogP contribution is 2.52. The smallest absolute Gasteiger partial charge is 0.0881 e. The van der Waals surface area contributed by atoms with Crippen molar-refractivity contribution in [1.82, 2.24) is 0 Å². The number of benzene rings is 2. The third kappa shape index (κ3) is 1.88. The zero-order valence-corrected chi connectivity index (χ0v) is 13.7. The van der Waals surface area contributed by atoms with Crippen LogP contribution in [-0.2, 0) is 0 Å². The molecule has 2 aliphatic heterocycles. The van der Waals surface area contributed by atoms with Crippen molar-refractivity contribution in [3.8, 4) is 0 Å². The average molecular weight is 308 g/mol. The summed E-state index contributed by atoms with van der Waals surface area (Å²) in [4.78, 5) is 0.948. The van der Waals surface area contributed by atoms with E-state index in [-0.39, 0.29) is 11.5 Å². The summed E-state index contributed by atoms with van der Waals surface area (Å²) in [5, 5.41) is 7.26. The van der Waals surface area contributed by atoms with Gasteiger partial charge in [-0.1, -0.05) is 62.5 Å². The normalized spacial score (nSPS) is 29.3. The molecule has 0 aliphatic carbocycles. The van der Waals surface area contributed by atoms with Gasteiger partial charge in [0, 0.05) is 16.8 Å². The molecule has 2 N–H and O–H groups in total. The second-order valence-corrected chi connectivity index (χ2v) is 7.14. The van der Waals surface area contributed by atoms with E-state index in [1.165, 1.54) is 16.8 Å². The Hall–Kier alpha value is -1.87. The zero-order valence-electron chi connectivity index (χ0n) is 12.9. The van der Waals surface area contributed by atoms with E-state index >= 15 is 0 Å². The lowest BCUT2D eigenvalue weighted by Crippen LogP contribution is -2.44. The van der Waals surface area contributed by atoms with E-state index in [1.807, 2.05) is 0 Å². The fourth-order valence-corrected chi connectivity index (χ4v) is 4.32. The van der Waals surface area contributed by atoms with Crippen LogP contribution in [-0.4, -0.2) is 4.99 Å². The monoisotopic (exact) mass is 308 g/mol. The molecule has 0 saturated carbocycles. The maximum absolute atomic E-state index is 5.77. The molecule has 0 amide bonds. The lowest BCUT2D eigenvalue weighted by molar-refractivity contribution is 0.350.